The Bertz CT molecular complexity index is 738. The Kier molecular flexibility index (Phi) is 4.09. The number of benzene rings is 1. The van der Waals surface area contributed by atoms with E-state index in [1.807, 2.05) is 6.07 Å². The molecule has 1 N–H and O–H groups in total. The maximum Gasteiger partial charge on any atom is 0.414 e. The molecule has 1 unspecified atom stereocenters. The van der Waals surface area contributed by atoms with Crippen LogP contribution in [0.1, 0.15) is 18.4 Å². The number of cyclic esters (lactones) is 1. The SMILES string of the molecule is N#CC1(c2c(F)cc(N3CC(CNC(=O)S)OC3=O)cc2F)CC1. The molecule has 0 radical (unpaired) electrons. The number of nitrogens with one attached hydrogen (secondary N) is 1. The number of hydrogen-bond acceptors (Lipinski definition) is 4. The lowest BCUT2D eigenvalue weighted by molar-refractivity contribution is 0.141. The smallest absolute Gasteiger partial charge is 0.414 e. The van der Waals surface area contributed by atoms with Crippen molar-refractivity contribution in [1.82, 2.24) is 5.32 Å². The lowest BCUT2D eigenvalue weighted by Crippen LogP contribution is -2.32. The van der Waals surface area contributed by atoms with Gasteiger partial charge in [-0.2, -0.15) is 5.26 Å². The molecule has 2 fully saturated rings. The number of nitrogens with zero attached hydrogens (tertiary/aromatic N) is 2. The van der Waals surface area contributed by atoms with Crippen molar-refractivity contribution in [2.75, 3.05) is 18.0 Å². The van der Waals surface area contributed by atoms with Gasteiger partial charge >= 0.3 is 6.09 Å². The van der Waals surface area contributed by atoms with E-state index in [2.05, 4.69) is 17.9 Å². The third kappa shape index (κ3) is 2.89. The first-order valence-electron chi connectivity index (χ1n) is 7.22. The highest BCUT2D eigenvalue weighted by molar-refractivity contribution is 7.96. The van der Waals surface area contributed by atoms with Crippen LogP contribution in [-0.4, -0.2) is 30.5 Å². The highest BCUT2D eigenvalue weighted by atomic mass is 32.1. The summed E-state index contributed by atoms with van der Waals surface area (Å²) in [5.41, 5.74) is -1.34. The van der Waals surface area contributed by atoms with Gasteiger partial charge in [0.05, 0.1) is 30.3 Å². The lowest BCUT2D eigenvalue weighted by Gasteiger charge is -2.16. The van der Waals surface area contributed by atoms with Crippen LogP contribution >= 0.6 is 12.6 Å². The summed E-state index contributed by atoms with van der Waals surface area (Å²) in [6.07, 6.45) is -0.586. The van der Waals surface area contributed by atoms with Crippen LogP contribution in [-0.2, 0) is 10.2 Å². The average molecular weight is 353 g/mol. The van der Waals surface area contributed by atoms with Crippen molar-refractivity contribution in [1.29, 1.82) is 5.26 Å². The fourth-order valence-electron chi connectivity index (χ4n) is 2.76. The molecule has 1 aromatic carbocycles. The first-order valence-corrected chi connectivity index (χ1v) is 7.67. The number of anilines is 1. The molecule has 2 aliphatic rings. The number of hydrogen-bond donors (Lipinski definition) is 2. The third-order valence-corrected chi connectivity index (χ3v) is 4.29. The maximum absolute atomic E-state index is 14.3. The third-order valence-electron chi connectivity index (χ3n) is 4.14. The van der Waals surface area contributed by atoms with Crippen LogP contribution in [0.3, 0.4) is 0 Å². The van der Waals surface area contributed by atoms with Gasteiger partial charge in [-0.25, -0.2) is 13.6 Å². The zero-order chi connectivity index (χ0) is 17.5. The number of nitriles is 1. The van der Waals surface area contributed by atoms with Gasteiger partial charge in [0.1, 0.15) is 17.7 Å². The summed E-state index contributed by atoms with van der Waals surface area (Å²) >= 11 is 3.54. The number of carbonyl (C=O) groups is 2. The van der Waals surface area contributed by atoms with Gasteiger partial charge in [-0.05, 0) is 25.0 Å². The second kappa shape index (κ2) is 5.94. The van der Waals surface area contributed by atoms with E-state index in [4.69, 9.17) is 10.00 Å². The van der Waals surface area contributed by atoms with E-state index < -0.39 is 34.5 Å². The van der Waals surface area contributed by atoms with Gasteiger partial charge in [0.25, 0.3) is 5.24 Å². The first-order chi connectivity index (χ1) is 11.4. The average Bonchev–Trinajstić information content (AvgIpc) is 3.20. The van der Waals surface area contributed by atoms with E-state index >= 15 is 0 Å². The molecule has 1 heterocycles. The molecule has 3 rings (SSSR count). The number of thiol groups is 1. The predicted molar refractivity (Wildman–Crippen MR) is 82.9 cm³/mol. The summed E-state index contributed by atoms with van der Waals surface area (Å²) in [4.78, 5) is 23.7. The Hall–Kier alpha value is -2.34. The molecular formula is C15H13F2N3O3S. The van der Waals surface area contributed by atoms with Crippen molar-refractivity contribution >= 4 is 29.6 Å². The van der Waals surface area contributed by atoms with Gasteiger partial charge in [-0.15, -0.1) is 0 Å². The minimum absolute atomic E-state index is 0.00666. The summed E-state index contributed by atoms with van der Waals surface area (Å²) < 4.78 is 33.7. The fourth-order valence-corrected chi connectivity index (χ4v) is 2.85. The number of ether oxygens (including phenoxy) is 1. The Morgan fingerprint density at radius 1 is 1.46 bits per heavy atom. The van der Waals surface area contributed by atoms with Crippen molar-refractivity contribution in [2.45, 2.75) is 24.4 Å². The fraction of sp³-hybridized carbons (Fsp3) is 0.400. The number of amides is 2. The molecule has 1 atom stereocenters. The quantitative estimate of drug-likeness (QED) is 0.815. The van der Waals surface area contributed by atoms with Crippen LogP contribution in [0.2, 0.25) is 0 Å². The van der Waals surface area contributed by atoms with Crippen LogP contribution in [0.15, 0.2) is 12.1 Å². The van der Waals surface area contributed by atoms with E-state index in [0.717, 1.165) is 17.0 Å². The standard InChI is InChI=1S/C15H13F2N3O3S/c16-10-3-8(4-11(17)12(10)15(7-18)1-2-15)20-6-9(23-14(20)22)5-19-13(21)24/h3-4,9H,1-2,5-6H2,(H2,19,21,24). The van der Waals surface area contributed by atoms with Crippen molar-refractivity contribution < 1.29 is 23.1 Å². The second-order valence-corrected chi connectivity index (χ2v) is 6.19. The predicted octanol–water partition coefficient (Wildman–Crippen LogP) is 2.48. The minimum atomic E-state index is -1.10. The first kappa shape index (κ1) is 16.5. The van der Waals surface area contributed by atoms with E-state index in [9.17, 15) is 18.4 Å². The summed E-state index contributed by atoms with van der Waals surface area (Å²) in [6.45, 7) is 0.0830. The van der Waals surface area contributed by atoms with Gasteiger partial charge in [0.15, 0.2) is 0 Å². The largest absolute Gasteiger partial charge is 0.442 e. The highest BCUT2D eigenvalue weighted by Crippen LogP contribution is 2.50. The zero-order valence-electron chi connectivity index (χ0n) is 12.4. The van der Waals surface area contributed by atoms with Crippen LogP contribution in [0.4, 0.5) is 24.1 Å². The molecule has 0 bridgehead atoms. The zero-order valence-corrected chi connectivity index (χ0v) is 13.3. The van der Waals surface area contributed by atoms with Crippen LogP contribution in [0, 0.1) is 23.0 Å². The molecule has 1 saturated heterocycles. The Morgan fingerprint density at radius 2 is 2.08 bits per heavy atom. The normalized spacial score (nSPS) is 21.2. The van der Waals surface area contributed by atoms with Crippen molar-refractivity contribution in [3.8, 4) is 6.07 Å². The monoisotopic (exact) mass is 353 g/mol. The number of rotatable bonds is 4. The highest BCUT2D eigenvalue weighted by Gasteiger charge is 2.49. The van der Waals surface area contributed by atoms with Gasteiger partial charge in [-0.3, -0.25) is 9.69 Å². The molecule has 1 saturated carbocycles. The van der Waals surface area contributed by atoms with E-state index in [-0.39, 0.29) is 24.3 Å². The maximum atomic E-state index is 14.3. The number of halogens is 2. The summed E-state index contributed by atoms with van der Waals surface area (Å²) in [5.74, 6) is -1.71. The Labute approximate surface area is 141 Å². The molecule has 6 nitrogen and oxygen atoms in total. The molecular weight excluding hydrogens is 340 g/mol. The molecule has 2 amide bonds. The summed E-state index contributed by atoms with van der Waals surface area (Å²) in [5, 5.41) is 10.9. The van der Waals surface area contributed by atoms with Crippen molar-refractivity contribution in [3.05, 3.63) is 29.3 Å². The van der Waals surface area contributed by atoms with Gasteiger partial charge in [0, 0.05) is 5.56 Å². The van der Waals surface area contributed by atoms with E-state index in [1.165, 1.54) is 0 Å². The second-order valence-electron chi connectivity index (χ2n) is 5.78. The molecule has 24 heavy (non-hydrogen) atoms. The molecule has 126 valence electrons. The van der Waals surface area contributed by atoms with Crippen LogP contribution in [0.5, 0.6) is 0 Å². The van der Waals surface area contributed by atoms with E-state index in [1.54, 1.807) is 0 Å². The van der Waals surface area contributed by atoms with E-state index in [0.29, 0.717) is 12.8 Å². The number of carbonyl (C=O) groups excluding carboxylic acids is 2. The van der Waals surface area contributed by atoms with Crippen LogP contribution < -0.4 is 10.2 Å². The molecule has 0 spiro atoms. The Balaban J connectivity index is 1.82. The van der Waals surface area contributed by atoms with Crippen LogP contribution in [0.25, 0.3) is 0 Å². The van der Waals surface area contributed by atoms with Gasteiger partial charge in [0.2, 0.25) is 0 Å². The summed E-state index contributed by atoms with van der Waals surface area (Å²) in [6, 6.07) is 4.00. The Morgan fingerprint density at radius 3 is 2.58 bits per heavy atom. The summed E-state index contributed by atoms with van der Waals surface area (Å²) in [7, 11) is 0. The molecule has 9 heteroatoms. The van der Waals surface area contributed by atoms with Crippen molar-refractivity contribution in [2.24, 2.45) is 0 Å². The van der Waals surface area contributed by atoms with Crippen molar-refractivity contribution in [3.63, 3.8) is 0 Å². The topological polar surface area (TPSA) is 82.4 Å². The molecule has 0 aromatic heterocycles. The lowest BCUT2D eigenvalue weighted by atomic mass is 9.96. The minimum Gasteiger partial charge on any atom is -0.442 e. The molecule has 1 aliphatic carbocycles. The van der Waals surface area contributed by atoms with Gasteiger partial charge in [-0.1, -0.05) is 12.6 Å². The molecule has 1 aliphatic heterocycles. The van der Waals surface area contributed by atoms with Gasteiger partial charge < -0.3 is 10.1 Å². The molecule has 1 aromatic rings.